The van der Waals surface area contributed by atoms with E-state index in [9.17, 15) is 4.79 Å². The summed E-state index contributed by atoms with van der Waals surface area (Å²) >= 11 is 0. The summed E-state index contributed by atoms with van der Waals surface area (Å²) in [6.07, 6.45) is 3.27. The average molecular weight is 274 g/mol. The molecule has 0 bridgehead atoms. The van der Waals surface area contributed by atoms with Crippen LogP contribution in [-0.2, 0) is 4.79 Å². The highest BCUT2D eigenvalue weighted by Gasteiger charge is 2.27. The van der Waals surface area contributed by atoms with Gasteiger partial charge in [0.2, 0.25) is 5.91 Å². The Morgan fingerprint density at radius 2 is 2.10 bits per heavy atom. The number of piperidine rings is 1. The first-order valence-corrected chi connectivity index (χ1v) is 7.79. The van der Waals surface area contributed by atoms with Gasteiger partial charge in [-0.15, -0.1) is 0 Å². The maximum atomic E-state index is 12.3. The standard InChI is InChI=1S/C17H26N2O/c1-3-11-18-16(15-9-5-4-6-10-15)13-19-12-7-8-14(2)17(19)20/h4-6,9-10,14,16,18H,3,7-8,11-13H2,1-2H3. The molecule has 3 heteroatoms. The number of benzene rings is 1. The van der Waals surface area contributed by atoms with Gasteiger partial charge in [0, 0.05) is 25.0 Å². The lowest BCUT2D eigenvalue weighted by Gasteiger charge is -2.34. The van der Waals surface area contributed by atoms with E-state index in [-0.39, 0.29) is 12.0 Å². The van der Waals surface area contributed by atoms with Crippen molar-refractivity contribution >= 4 is 5.91 Å². The van der Waals surface area contributed by atoms with E-state index in [1.165, 1.54) is 5.56 Å². The van der Waals surface area contributed by atoms with Crippen molar-refractivity contribution in [2.45, 2.75) is 39.2 Å². The van der Waals surface area contributed by atoms with E-state index in [0.717, 1.165) is 38.9 Å². The fraction of sp³-hybridized carbons (Fsp3) is 0.588. The molecular weight excluding hydrogens is 248 g/mol. The number of nitrogens with one attached hydrogen (secondary N) is 1. The van der Waals surface area contributed by atoms with E-state index in [4.69, 9.17) is 0 Å². The van der Waals surface area contributed by atoms with Crippen molar-refractivity contribution in [1.82, 2.24) is 10.2 Å². The van der Waals surface area contributed by atoms with E-state index in [1.807, 2.05) is 17.9 Å². The topological polar surface area (TPSA) is 32.3 Å². The molecule has 1 amide bonds. The van der Waals surface area contributed by atoms with Gasteiger partial charge in [0.25, 0.3) is 0 Å². The highest BCUT2D eigenvalue weighted by Crippen LogP contribution is 2.21. The molecule has 1 saturated heterocycles. The van der Waals surface area contributed by atoms with Crippen molar-refractivity contribution in [3.8, 4) is 0 Å². The molecule has 0 aliphatic carbocycles. The van der Waals surface area contributed by atoms with Crippen LogP contribution in [0.5, 0.6) is 0 Å². The van der Waals surface area contributed by atoms with Crippen LogP contribution < -0.4 is 5.32 Å². The predicted octanol–water partition coefficient (Wildman–Crippen LogP) is 2.99. The van der Waals surface area contributed by atoms with E-state index >= 15 is 0 Å². The normalized spacial score (nSPS) is 21.0. The average Bonchev–Trinajstić information content (AvgIpc) is 2.48. The Hall–Kier alpha value is -1.35. The fourth-order valence-corrected chi connectivity index (χ4v) is 2.83. The molecule has 1 aromatic carbocycles. The quantitative estimate of drug-likeness (QED) is 0.865. The third kappa shape index (κ3) is 3.83. The van der Waals surface area contributed by atoms with Crippen molar-refractivity contribution in [3.05, 3.63) is 35.9 Å². The van der Waals surface area contributed by atoms with Gasteiger partial charge in [0.15, 0.2) is 0 Å². The van der Waals surface area contributed by atoms with Crippen LogP contribution in [0.15, 0.2) is 30.3 Å². The highest BCUT2D eigenvalue weighted by atomic mass is 16.2. The Morgan fingerprint density at radius 3 is 2.80 bits per heavy atom. The third-order valence-corrected chi connectivity index (χ3v) is 4.04. The summed E-state index contributed by atoms with van der Waals surface area (Å²) < 4.78 is 0. The van der Waals surface area contributed by atoms with Gasteiger partial charge < -0.3 is 10.2 Å². The number of likely N-dealkylation sites (tertiary alicyclic amines) is 1. The summed E-state index contributed by atoms with van der Waals surface area (Å²) in [5.74, 6) is 0.502. The van der Waals surface area contributed by atoms with Crippen LogP contribution in [0.25, 0.3) is 0 Å². The molecule has 0 saturated carbocycles. The second-order valence-corrected chi connectivity index (χ2v) is 5.74. The molecule has 1 fully saturated rings. The minimum Gasteiger partial charge on any atom is -0.341 e. The molecule has 1 aliphatic heterocycles. The number of amides is 1. The minimum atomic E-state index is 0.186. The summed E-state index contributed by atoms with van der Waals surface area (Å²) in [7, 11) is 0. The first-order chi connectivity index (χ1) is 9.72. The van der Waals surface area contributed by atoms with Crippen molar-refractivity contribution < 1.29 is 4.79 Å². The number of hydrogen-bond donors (Lipinski definition) is 1. The van der Waals surface area contributed by atoms with Gasteiger partial charge in [-0.3, -0.25) is 4.79 Å². The predicted molar refractivity (Wildman–Crippen MR) is 82.5 cm³/mol. The number of carbonyl (C=O) groups is 1. The summed E-state index contributed by atoms with van der Waals surface area (Å²) in [6, 6.07) is 10.7. The van der Waals surface area contributed by atoms with Gasteiger partial charge in [-0.1, -0.05) is 44.2 Å². The van der Waals surface area contributed by atoms with Crippen LogP contribution in [-0.4, -0.2) is 30.4 Å². The van der Waals surface area contributed by atoms with Gasteiger partial charge >= 0.3 is 0 Å². The Morgan fingerprint density at radius 1 is 1.35 bits per heavy atom. The zero-order chi connectivity index (χ0) is 14.4. The molecule has 0 aromatic heterocycles. The smallest absolute Gasteiger partial charge is 0.225 e. The van der Waals surface area contributed by atoms with E-state index in [2.05, 4.69) is 36.5 Å². The van der Waals surface area contributed by atoms with E-state index in [1.54, 1.807) is 0 Å². The SMILES string of the molecule is CCCNC(CN1CCCC(C)C1=O)c1ccccc1. The number of carbonyl (C=O) groups excluding carboxylic acids is 1. The third-order valence-electron chi connectivity index (χ3n) is 4.04. The lowest BCUT2D eigenvalue weighted by molar-refractivity contribution is -0.138. The zero-order valence-corrected chi connectivity index (χ0v) is 12.6. The summed E-state index contributed by atoms with van der Waals surface area (Å²) in [5.41, 5.74) is 1.27. The van der Waals surface area contributed by atoms with Crippen molar-refractivity contribution in [3.63, 3.8) is 0 Å². The summed E-state index contributed by atoms with van der Waals surface area (Å²) in [5, 5.41) is 3.57. The van der Waals surface area contributed by atoms with Gasteiger partial charge in [0.05, 0.1) is 0 Å². The molecule has 1 aliphatic rings. The van der Waals surface area contributed by atoms with Crippen LogP contribution >= 0.6 is 0 Å². The Kier molecular flexibility index (Phi) is 5.60. The molecule has 0 radical (unpaired) electrons. The van der Waals surface area contributed by atoms with Gasteiger partial charge in [-0.25, -0.2) is 0 Å². The zero-order valence-electron chi connectivity index (χ0n) is 12.6. The molecule has 0 spiro atoms. The maximum Gasteiger partial charge on any atom is 0.225 e. The minimum absolute atomic E-state index is 0.186. The van der Waals surface area contributed by atoms with Crippen LogP contribution in [0.4, 0.5) is 0 Å². The first kappa shape index (κ1) is 15.0. The molecule has 1 N–H and O–H groups in total. The van der Waals surface area contributed by atoms with E-state index in [0.29, 0.717) is 5.91 Å². The molecule has 3 nitrogen and oxygen atoms in total. The molecule has 110 valence electrons. The monoisotopic (exact) mass is 274 g/mol. The van der Waals surface area contributed by atoms with E-state index < -0.39 is 0 Å². The summed E-state index contributed by atoms with van der Waals surface area (Å²) in [4.78, 5) is 14.3. The molecule has 2 atom stereocenters. The van der Waals surface area contributed by atoms with Crippen molar-refractivity contribution in [2.75, 3.05) is 19.6 Å². The van der Waals surface area contributed by atoms with Crippen LogP contribution in [0.2, 0.25) is 0 Å². The maximum absolute atomic E-state index is 12.3. The highest BCUT2D eigenvalue weighted by molar-refractivity contribution is 5.79. The molecule has 20 heavy (non-hydrogen) atoms. The number of nitrogens with zero attached hydrogens (tertiary/aromatic N) is 1. The molecular formula is C17H26N2O. The van der Waals surface area contributed by atoms with Crippen molar-refractivity contribution in [1.29, 1.82) is 0 Å². The van der Waals surface area contributed by atoms with Crippen molar-refractivity contribution in [2.24, 2.45) is 5.92 Å². The lowest BCUT2D eigenvalue weighted by atomic mass is 9.97. The van der Waals surface area contributed by atoms with Crippen LogP contribution in [0.1, 0.15) is 44.7 Å². The fourth-order valence-electron chi connectivity index (χ4n) is 2.83. The molecule has 2 unspecified atom stereocenters. The number of hydrogen-bond acceptors (Lipinski definition) is 2. The number of rotatable bonds is 6. The Balaban J connectivity index is 2.05. The van der Waals surface area contributed by atoms with Gasteiger partial charge in [0.1, 0.15) is 0 Å². The Bertz CT molecular complexity index is 418. The second-order valence-electron chi connectivity index (χ2n) is 5.74. The summed E-state index contributed by atoms with van der Waals surface area (Å²) in [6.45, 7) is 6.89. The molecule has 1 heterocycles. The largest absolute Gasteiger partial charge is 0.341 e. The molecule has 2 rings (SSSR count). The van der Waals surface area contributed by atoms with Crippen LogP contribution in [0.3, 0.4) is 0 Å². The van der Waals surface area contributed by atoms with Gasteiger partial charge in [-0.2, -0.15) is 0 Å². The lowest BCUT2D eigenvalue weighted by Crippen LogP contribution is -2.44. The van der Waals surface area contributed by atoms with Gasteiger partial charge in [-0.05, 0) is 31.4 Å². The Labute approximate surface area is 122 Å². The second kappa shape index (κ2) is 7.44. The molecule has 1 aromatic rings. The first-order valence-electron chi connectivity index (χ1n) is 7.79. The van der Waals surface area contributed by atoms with Crippen LogP contribution in [0, 0.1) is 5.92 Å².